The van der Waals surface area contributed by atoms with Crippen molar-refractivity contribution in [1.29, 1.82) is 0 Å². The van der Waals surface area contributed by atoms with E-state index in [0.717, 1.165) is 42.6 Å². The molecule has 1 fully saturated rings. The van der Waals surface area contributed by atoms with E-state index >= 15 is 0 Å². The van der Waals surface area contributed by atoms with Gasteiger partial charge in [0.1, 0.15) is 0 Å². The second-order valence-electron chi connectivity index (χ2n) is 6.53. The van der Waals surface area contributed by atoms with Crippen molar-refractivity contribution in [3.05, 3.63) is 16.1 Å². The quantitative estimate of drug-likeness (QED) is 0.573. The maximum absolute atomic E-state index is 12.6. The van der Waals surface area contributed by atoms with Gasteiger partial charge in [-0.2, -0.15) is 13.2 Å². The number of aromatic nitrogens is 1. The Morgan fingerprint density at radius 3 is 2.81 bits per heavy atom. The minimum Gasteiger partial charge on any atom is -0.351 e. The third-order valence-electron chi connectivity index (χ3n) is 4.49. The van der Waals surface area contributed by atoms with Crippen LogP contribution >= 0.6 is 11.3 Å². The number of hydrogen-bond acceptors (Lipinski definition) is 4. The third kappa shape index (κ3) is 6.42. The summed E-state index contributed by atoms with van der Waals surface area (Å²) in [7, 11) is 1.73. The van der Waals surface area contributed by atoms with Gasteiger partial charge in [0.15, 0.2) is 5.96 Å². The van der Waals surface area contributed by atoms with Gasteiger partial charge in [-0.05, 0) is 25.3 Å². The standard InChI is InChI=1S/C17H28F3N5S/c1-4-15-23-14(11-26-15)8-22-16(21-3)25-7-6-13(10-25)9-24(5-2)12-17(18,19)20/h11,13H,4-10,12H2,1-3H3,(H,21,22). The average molecular weight is 392 g/mol. The third-order valence-corrected chi connectivity index (χ3v) is 5.54. The van der Waals surface area contributed by atoms with Crippen LogP contribution in [0.4, 0.5) is 13.2 Å². The van der Waals surface area contributed by atoms with E-state index in [4.69, 9.17) is 0 Å². The Labute approximate surface area is 157 Å². The van der Waals surface area contributed by atoms with Crippen molar-refractivity contribution >= 4 is 17.3 Å². The summed E-state index contributed by atoms with van der Waals surface area (Å²) in [6, 6.07) is 0. The first kappa shape index (κ1) is 21.0. The number of aliphatic imine (C=N–C) groups is 1. The number of rotatable bonds is 7. The molecule has 1 aromatic rings. The molecule has 0 spiro atoms. The van der Waals surface area contributed by atoms with Crippen LogP contribution < -0.4 is 5.32 Å². The number of nitrogens with zero attached hydrogens (tertiary/aromatic N) is 4. The predicted molar refractivity (Wildman–Crippen MR) is 99.5 cm³/mol. The van der Waals surface area contributed by atoms with Crippen molar-refractivity contribution < 1.29 is 13.2 Å². The number of thiazole rings is 1. The van der Waals surface area contributed by atoms with Crippen LogP contribution in [0.15, 0.2) is 10.4 Å². The van der Waals surface area contributed by atoms with Crippen molar-refractivity contribution in [3.63, 3.8) is 0 Å². The number of alkyl halides is 3. The van der Waals surface area contributed by atoms with Gasteiger partial charge in [0, 0.05) is 32.1 Å². The zero-order valence-electron chi connectivity index (χ0n) is 15.6. The Morgan fingerprint density at radius 1 is 1.46 bits per heavy atom. The van der Waals surface area contributed by atoms with Gasteiger partial charge >= 0.3 is 6.18 Å². The van der Waals surface area contributed by atoms with E-state index in [2.05, 4.69) is 27.1 Å². The fourth-order valence-electron chi connectivity index (χ4n) is 3.19. The molecule has 2 rings (SSSR count). The summed E-state index contributed by atoms with van der Waals surface area (Å²) < 4.78 is 37.9. The minimum atomic E-state index is -4.14. The molecule has 1 aliphatic heterocycles. The summed E-state index contributed by atoms with van der Waals surface area (Å²) in [5.74, 6) is 1.01. The van der Waals surface area contributed by atoms with Crippen LogP contribution in [-0.2, 0) is 13.0 Å². The van der Waals surface area contributed by atoms with E-state index in [1.165, 1.54) is 4.90 Å². The molecular formula is C17H28F3N5S. The van der Waals surface area contributed by atoms with Gasteiger partial charge in [-0.3, -0.25) is 9.89 Å². The number of likely N-dealkylation sites (tertiary alicyclic amines) is 1. The lowest BCUT2D eigenvalue weighted by Gasteiger charge is -2.26. The molecule has 26 heavy (non-hydrogen) atoms. The largest absolute Gasteiger partial charge is 0.401 e. The highest BCUT2D eigenvalue weighted by Gasteiger charge is 2.33. The second-order valence-corrected chi connectivity index (χ2v) is 7.47. The zero-order valence-corrected chi connectivity index (χ0v) is 16.5. The molecule has 0 aromatic carbocycles. The van der Waals surface area contributed by atoms with Gasteiger partial charge in [-0.15, -0.1) is 11.3 Å². The van der Waals surface area contributed by atoms with Crippen LogP contribution in [0, 0.1) is 5.92 Å². The molecule has 1 unspecified atom stereocenters. The van der Waals surface area contributed by atoms with E-state index in [1.54, 1.807) is 25.3 Å². The lowest BCUT2D eigenvalue weighted by Crippen LogP contribution is -2.41. The van der Waals surface area contributed by atoms with E-state index in [1.807, 2.05) is 5.38 Å². The van der Waals surface area contributed by atoms with Crippen LogP contribution in [-0.4, -0.2) is 66.7 Å². The van der Waals surface area contributed by atoms with Crippen LogP contribution in [0.5, 0.6) is 0 Å². The maximum Gasteiger partial charge on any atom is 0.401 e. The molecule has 1 aliphatic rings. The number of halogens is 3. The number of guanidine groups is 1. The summed E-state index contributed by atoms with van der Waals surface area (Å²) in [5.41, 5.74) is 0.992. The molecule has 0 bridgehead atoms. The van der Waals surface area contributed by atoms with Gasteiger partial charge in [-0.1, -0.05) is 13.8 Å². The van der Waals surface area contributed by atoms with E-state index in [-0.39, 0.29) is 5.92 Å². The number of nitrogens with one attached hydrogen (secondary N) is 1. The van der Waals surface area contributed by atoms with E-state index < -0.39 is 12.7 Å². The molecule has 0 amide bonds. The fourth-order valence-corrected chi connectivity index (χ4v) is 3.94. The Hall–Kier alpha value is -1.35. The monoisotopic (exact) mass is 391 g/mol. The Morgan fingerprint density at radius 2 is 2.23 bits per heavy atom. The Bertz CT molecular complexity index is 587. The van der Waals surface area contributed by atoms with Crippen LogP contribution in [0.3, 0.4) is 0 Å². The van der Waals surface area contributed by atoms with Gasteiger partial charge in [0.25, 0.3) is 0 Å². The molecule has 1 N–H and O–H groups in total. The van der Waals surface area contributed by atoms with Crippen LogP contribution in [0.25, 0.3) is 0 Å². The topological polar surface area (TPSA) is 43.8 Å². The molecule has 0 aliphatic carbocycles. The zero-order chi connectivity index (χ0) is 19.2. The SMILES string of the molecule is CCc1nc(CNC(=NC)N2CCC(CN(CC)CC(F)(F)F)C2)cs1. The van der Waals surface area contributed by atoms with Crippen molar-refractivity contribution in [2.75, 3.05) is 39.8 Å². The molecule has 2 heterocycles. The summed E-state index contributed by atoms with van der Waals surface area (Å²) in [4.78, 5) is 12.5. The molecule has 148 valence electrons. The molecule has 9 heteroatoms. The van der Waals surface area contributed by atoms with Gasteiger partial charge in [0.2, 0.25) is 0 Å². The molecule has 5 nitrogen and oxygen atoms in total. The number of aryl methyl sites for hydroxylation is 1. The molecule has 1 saturated heterocycles. The fraction of sp³-hybridized carbons (Fsp3) is 0.765. The molecule has 1 atom stereocenters. The van der Waals surface area contributed by atoms with Gasteiger partial charge in [-0.25, -0.2) is 4.98 Å². The highest BCUT2D eigenvalue weighted by atomic mass is 32.1. The van der Waals surface area contributed by atoms with Crippen molar-refractivity contribution in [2.45, 2.75) is 39.4 Å². The lowest BCUT2D eigenvalue weighted by atomic mass is 10.1. The Balaban J connectivity index is 1.83. The normalized spacial score (nSPS) is 18.8. The molecular weight excluding hydrogens is 363 g/mol. The van der Waals surface area contributed by atoms with E-state index in [0.29, 0.717) is 19.6 Å². The summed E-state index contributed by atoms with van der Waals surface area (Å²) in [6.45, 7) is 6.05. The van der Waals surface area contributed by atoms with E-state index in [9.17, 15) is 13.2 Å². The summed E-state index contributed by atoms with van der Waals surface area (Å²) >= 11 is 1.65. The Kier molecular flexibility index (Phi) is 7.69. The average Bonchev–Trinajstić information content (AvgIpc) is 3.23. The lowest BCUT2D eigenvalue weighted by molar-refractivity contribution is -0.146. The first-order chi connectivity index (χ1) is 12.3. The number of hydrogen-bond donors (Lipinski definition) is 1. The minimum absolute atomic E-state index is 0.224. The molecule has 0 radical (unpaired) electrons. The van der Waals surface area contributed by atoms with Crippen molar-refractivity contribution in [2.24, 2.45) is 10.9 Å². The van der Waals surface area contributed by atoms with Crippen LogP contribution in [0.1, 0.15) is 31.0 Å². The molecule has 1 aromatic heterocycles. The van der Waals surface area contributed by atoms with Crippen LogP contribution in [0.2, 0.25) is 0 Å². The predicted octanol–water partition coefficient (Wildman–Crippen LogP) is 2.99. The van der Waals surface area contributed by atoms with Crippen molar-refractivity contribution in [1.82, 2.24) is 20.1 Å². The highest BCUT2D eigenvalue weighted by Crippen LogP contribution is 2.21. The summed E-state index contributed by atoms with van der Waals surface area (Å²) in [6.07, 6.45) is -2.33. The smallest absolute Gasteiger partial charge is 0.351 e. The first-order valence-electron chi connectivity index (χ1n) is 9.02. The van der Waals surface area contributed by atoms with Crippen molar-refractivity contribution in [3.8, 4) is 0 Å². The van der Waals surface area contributed by atoms with Gasteiger partial charge in [0.05, 0.1) is 23.8 Å². The van der Waals surface area contributed by atoms with Gasteiger partial charge < -0.3 is 10.2 Å². The maximum atomic E-state index is 12.6. The summed E-state index contributed by atoms with van der Waals surface area (Å²) in [5, 5.41) is 6.47. The second kappa shape index (κ2) is 9.55. The first-order valence-corrected chi connectivity index (χ1v) is 9.90. The molecule has 0 saturated carbocycles. The highest BCUT2D eigenvalue weighted by molar-refractivity contribution is 7.09.